The van der Waals surface area contributed by atoms with Gasteiger partial charge in [0.15, 0.2) is 0 Å². The summed E-state index contributed by atoms with van der Waals surface area (Å²) in [7, 11) is -2.12. The Kier molecular flexibility index (Phi) is 1.91. The summed E-state index contributed by atoms with van der Waals surface area (Å²) in [6, 6.07) is 0. The van der Waals surface area contributed by atoms with Crippen molar-refractivity contribution in [3.8, 4) is 0 Å². The smallest absolute Gasteiger partial charge is 0.217 e. The Morgan fingerprint density at radius 1 is 1.40 bits per heavy atom. The number of hydrogen-bond donors (Lipinski definition) is 0. The van der Waals surface area contributed by atoms with Gasteiger partial charge in [-0.15, -0.1) is 0 Å². The van der Waals surface area contributed by atoms with Crippen LogP contribution >= 0.6 is 0 Å². The molecule has 0 bridgehead atoms. The van der Waals surface area contributed by atoms with Crippen LogP contribution in [0.25, 0.3) is 0 Å². The minimum Gasteiger partial charge on any atom is -0.301 e. The summed E-state index contributed by atoms with van der Waals surface area (Å²) < 4.78 is 20.6. The van der Waals surface area contributed by atoms with E-state index in [1.54, 1.807) is 6.08 Å². The van der Waals surface area contributed by atoms with Gasteiger partial charge in [0, 0.05) is 6.42 Å². The first-order chi connectivity index (χ1) is 4.70. The third kappa shape index (κ3) is 1.48. The van der Waals surface area contributed by atoms with Gasteiger partial charge in [-0.25, -0.2) is 0 Å². The molecule has 0 aromatic rings. The van der Waals surface area contributed by atoms with Gasteiger partial charge >= 0.3 is 0 Å². The van der Waals surface area contributed by atoms with Crippen molar-refractivity contribution in [2.75, 3.05) is 0 Å². The molecule has 0 atom stereocenters. The molecular formula is C6H6NO2S. The Labute approximate surface area is 60.4 Å². The highest BCUT2D eigenvalue weighted by Gasteiger charge is 1.99. The zero-order chi connectivity index (χ0) is 7.56. The van der Waals surface area contributed by atoms with Gasteiger partial charge in [-0.3, -0.25) is 0 Å². The van der Waals surface area contributed by atoms with Gasteiger partial charge < -0.3 is 5.73 Å². The minimum atomic E-state index is -2.12. The van der Waals surface area contributed by atoms with E-state index in [2.05, 4.69) is 0 Å². The van der Waals surface area contributed by atoms with Crippen molar-refractivity contribution in [3.63, 3.8) is 0 Å². The second kappa shape index (κ2) is 2.70. The van der Waals surface area contributed by atoms with E-state index >= 15 is 0 Å². The summed E-state index contributed by atoms with van der Waals surface area (Å²) in [5.74, 6) is 0. The average molecular weight is 156 g/mol. The highest BCUT2D eigenvalue weighted by molar-refractivity contribution is 7.73. The van der Waals surface area contributed by atoms with E-state index in [-0.39, 0.29) is 0 Å². The molecule has 0 spiro atoms. The van der Waals surface area contributed by atoms with Crippen molar-refractivity contribution in [2.24, 2.45) is 0 Å². The molecule has 0 aromatic carbocycles. The van der Waals surface area contributed by atoms with Gasteiger partial charge in [0.25, 0.3) is 0 Å². The fourth-order valence-corrected chi connectivity index (χ4v) is 1.05. The maximum absolute atomic E-state index is 10.3. The lowest BCUT2D eigenvalue weighted by Crippen LogP contribution is -1.98. The predicted octanol–water partition coefficient (Wildman–Crippen LogP) is 0.165. The van der Waals surface area contributed by atoms with Crippen molar-refractivity contribution in [1.29, 1.82) is 0 Å². The predicted molar refractivity (Wildman–Crippen MR) is 38.9 cm³/mol. The second-order valence-electron chi connectivity index (χ2n) is 1.90. The zero-order valence-corrected chi connectivity index (χ0v) is 5.98. The Balaban J connectivity index is 3.01. The summed E-state index contributed by atoms with van der Waals surface area (Å²) in [5, 5.41) is 0. The lowest BCUT2D eigenvalue weighted by atomic mass is 10.1. The molecule has 1 radical (unpaired) electrons. The van der Waals surface area contributed by atoms with Gasteiger partial charge in [-0.2, -0.15) is 8.42 Å². The van der Waals surface area contributed by atoms with Crippen LogP contribution in [0.1, 0.15) is 6.42 Å². The summed E-state index contributed by atoms with van der Waals surface area (Å²) in [4.78, 5) is 0.344. The van der Waals surface area contributed by atoms with Crippen molar-refractivity contribution < 1.29 is 8.42 Å². The molecule has 0 saturated heterocycles. The van der Waals surface area contributed by atoms with E-state index in [0.717, 1.165) is 0 Å². The standard InChI is InChI=1S/C6H6NO2S/c7-5-1-3-6(4-2-5)10(8)9/h1-3,7H,4H2. The summed E-state index contributed by atoms with van der Waals surface area (Å²) >= 11 is 0. The van der Waals surface area contributed by atoms with E-state index in [1.807, 2.05) is 0 Å². The maximum Gasteiger partial charge on any atom is 0.217 e. The van der Waals surface area contributed by atoms with Gasteiger partial charge in [-0.05, 0) is 12.2 Å². The maximum atomic E-state index is 10.3. The first-order valence-electron chi connectivity index (χ1n) is 2.75. The Hall–Kier alpha value is -1.03. The van der Waals surface area contributed by atoms with Gasteiger partial charge in [0.05, 0.1) is 10.6 Å². The monoisotopic (exact) mass is 156 g/mol. The summed E-state index contributed by atoms with van der Waals surface area (Å²) in [6.45, 7) is 0. The van der Waals surface area contributed by atoms with Crippen LogP contribution in [0.3, 0.4) is 0 Å². The van der Waals surface area contributed by atoms with Crippen LogP contribution in [0, 0.1) is 0 Å². The molecule has 0 saturated carbocycles. The molecule has 0 amide bonds. The molecule has 1 aliphatic rings. The normalized spacial score (nSPS) is 16.8. The molecule has 10 heavy (non-hydrogen) atoms. The number of rotatable bonds is 0. The molecular weight excluding hydrogens is 150 g/mol. The molecule has 3 nitrogen and oxygen atoms in total. The molecule has 0 aromatic heterocycles. The minimum absolute atomic E-state index is 0.344. The van der Waals surface area contributed by atoms with E-state index in [9.17, 15) is 8.42 Å². The topological polar surface area (TPSA) is 57.9 Å². The third-order valence-corrected chi connectivity index (χ3v) is 1.92. The Morgan fingerprint density at radius 2 is 2.10 bits per heavy atom. The Morgan fingerprint density at radius 3 is 2.50 bits per heavy atom. The van der Waals surface area contributed by atoms with Crippen molar-refractivity contribution >= 4 is 15.2 Å². The molecule has 0 aliphatic heterocycles. The fraction of sp³-hybridized carbons (Fsp3) is 0.167. The van der Waals surface area contributed by atoms with Crippen LogP contribution in [-0.2, 0) is 10.3 Å². The SMILES string of the molecule is [NH]C1=CCC(=S(=O)=O)C=C1. The summed E-state index contributed by atoms with van der Waals surface area (Å²) in [6.07, 6.45) is 4.83. The van der Waals surface area contributed by atoms with Crippen LogP contribution < -0.4 is 5.73 Å². The van der Waals surface area contributed by atoms with E-state index in [4.69, 9.17) is 5.73 Å². The van der Waals surface area contributed by atoms with Gasteiger partial charge in [-0.1, -0.05) is 6.08 Å². The van der Waals surface area contributed by atoms with Crippen molar-refractivity contribution in [3.05, 3.63) is 23.9 Å². The average Bonchev–Trinajstić information content (AvgIpc) is 1.88. The molecule has 1 aliphatic carbocycles. The first-order valence-corrected chi connectivity index (χ1v) is 3.82. The van der Waals surface area contributed by atoms with Crippen LogP contribution in [0.4, 0.5) is 0 Å². The van der Waals surface area contributed by atoms with Crippen molar-refractivity contribution in [1.82, 2.24) is 5.73 Å². The molecule has 1 rings (SSSR count). The lowest BCUT2D eigenvalue weighted by molar-refractivity contribution is 0.627. The Bertz CT molecular complexity index is 314. The molecule has 1 N–H and O–H groups in total. The largest absolute Gasteiger partial charge is 0.301 e. The van der Waals surface area contributed by atoms with E-state index < -0.39 is 10.3 Å². The quantitative estimate of drug-likeness (QED) is 0.469. The van der Waals surface area contributed by atoms with Crippen LogP contribution in [-0.4, -0.2) is 13.3 Å². The van der Waals surface area contributed by atoms with Gasteiger partial charge in [0.2, 0.25) is 10.3 Å². The zero-order valence-electron chi connectivity index (χ0n) is 5.16. The molecule has 4 heteroatoms. The third-order valence-electron chi connectivity index (χ3n) is 1.19. The molecule has 53 valence electrons. The fourth-order valence-electron chi connectivity index (χ4n) is 0.653. The molecule has 0 heterocycles. The number of allylic oxidation sites excluding steroid dienone is 3. The van der Waals surface area contributed by atoms with Crippen LogP contribution in [0.2, 0.25) is 0 Å². The molecule has 0 unspecified atom stereocenters. The molecule has 0 fully saturated rings. The highest BCUT2D eigenvalue weighted by atomic mass is 32.2. The van der Waals surface area contributed by atoms with E-state index in [0.29, 0.717) is 17.0 Å². The second-order valence-corrected chi connectivity index (χ2v) is 2.89. The van der Waals surface area contributed by atoms with E-state index in [1.165, 1.54) is 12.2 Å². The number of hydrogen-bond acceptors (Lipinski definition) is 2. The van der Waals surface area contributed by atoms with Crippen molar-refractivity contribution in [2.45, 2.75) is 6.42 Å². The van der Waals surface area contributed by atoms with Gasteiger partial charge in [0.1, 0.15) is 0 Å². The first kappa shape index (κ1) is 7.08. The lowest BCUT2D eigenvalue weighted by Gasteiger charge is -1.97. The van der Waals surface area contributed by atoms with Crippen LogP contribution in [0.5, 0.6) is 0 Å². The summed E-state index contributed by atoms with van der Waals surface area (Å²) in [5.41, 5.74) is 7.43. The highest BCUT2D eigenvalue weighted by Crippen LogP contribution is 2.02. The number of nitrogens with one attached hydrogen (secondary N) is 1. The van der Waals surface area contributed by atoms with Crippen LogP contribution in [0.15, 0.2) is 23.9 Å².